The molecule has 0 N–H and O–H groups in total. The number of hydrogen-bond donors (Lipinski definition) is 0. The second kappa shape index (κ2) is 8.17. The molecule has 1 amide bonds. The minimum absolute atomic E-state index is 0.272. The van der Waals surface area contributed by atoms with Crippen LogP contribution in [0.4, 0.5) is 0 Å². The van der Waals surface area contributed by atoms with Crippen molar-refractivity contribution in [3.8, 4) is 0 Å². The minimum Gasteiger partial charge on any atom is -0.342 e. The van der Waals surface area contributed by atoms with Crippen LogP contribution in [0.15, 0.2) is 28.8 Å². The molecule has 142 valence electrons. The zero-order chi connectivity index (χ0) is 18.6. The van der Waals surface area contributed by atoms with Crippen molar-refractivity contribution in [3.63, 3.8) is 0 Å². The number of carbonyl (C=O) groups excluding carboxylic acids is 1. The number of likely N-dealkylation sites (tertiary alicyclic amines) is 1. The average Bonchev–Trinajstić information content (AvgIpc) is 3.38. The number of rotatable bonds is 7. The van der Waals surface area contributed by atoms with Gasteiger partial charge in [-0.15, -0.1) is 11.3 Å². The van der Waals surface area contributed by atoms with Crippen molar-refractivity contribution in [2.75, 3.05) is 13.1 Å². The number of amides is 1. The molecule has 7 heteroatoms. The van der Waals surface area contributed by atoms with Gasteiger partial charge in [-0.25, -0.2) is 4.98 Å². The normalized spacial score (nSPS) is 17.1. The van der Waals surface area contributed by atoms with E-state index in [1.165, 1.54) is 4.70 Å². The number of benzene rings is 1. The fraction of sp³-hybridized carbons (Fsp3) is 0.500. The fourth-order valence-electron chi connectivity index (χ4n) is 3.65. The van der Waals surface area contributed by atoms with Crippen molar-refractivity contribution < 1.29 is 9.32 Å². The smallest absolute Gasteiger partial charge is 0.223 e. The Morgan fingerprint density at radius 2 is 2.19 bits per heavy atom. The van der Waals surface area contributed by atoms with Gasteiger partial charge in [0.15, 0.2) is 5.82 Å². The Balaban J connectivity index is 1.19. The quantitative estimate of drug-likeness (QED) is 0.620. The Hall–Kier alpha value is -2.28. The lowest BCUT2D eigenvalue weighted by atomic mass is 10.0. The maximum absolute atomic E-state index is 12.5. The van der Waals surface area contributed by atoms with Crippen molar-refractivity contribution in [1.82, 2.24) is 20.0 Å². The van der Waals surface area contributed by atoms with Crippen LogP contribution in [0.1, 0.15) is 42.4 Å². The highest BCUT2D eigenvalue weighted by atomic mass is 32.1. The van der Waals surface area contributed by atoms with Crippen molar-refractivity contribution in [1.29, 1.82) is 0 Å². The first-order chi connectivity index (χ1) is 13.2. The van der Waals surface area contributed by atoms with Crippen LogP contribution in [0.3, 0.4) is 0 Å². The molecule has 0 radical (unpaired) electrons. The van der Waals surface area contributed by atoms with Crippen LogP contribution in [-0.4, -0.2) is 39.0 Å². The molecule has 0 aliphatic carbocycles. The maximum Gasteiger partial charge on any atom is 0.223 e. The average molecular weight is 385 g/mol. The van der Waals surface area contributed by atoms with Crippen LogP contribution in [-0.2, 0) is 17.6 Å². The van der Waals surface area contributed by atoms with Gasteiger partial charge < -0.3 is 9.42 Å². The third-order valence-electron chi connectivity index (χ3n) is 5.10. The SMILES string of the molecule is Cc1nc(CCC2CCN(C(=O)CCCc3nc4ccccc4s3)C2)no1. The zero-order valence-corrected chi connectivity index (χ0v) is 16.4. The van der Waals surface area contributed by atoms with Crippen LogP contribution < -0.4 is 0 Å². The standard InChI is InChI=1S/C20H24N4O2S/c1-14-21-18(23-26-14)10-9-15-11-12-24(13-15)20(25)8-4-7-19-22-16-5-2-3-6-17(16)27-19/h2-3,5-6,15H,4,7-13H2,1H3. The molecule has 0 saturated carbocycles. The lowest BCUT2D eigenvalue weighted by molar-refractivity contribution is -0.130. The van der Waals surface area contributed by atoms with E-state index in [4.69, 9.17) is 4.52 Å². The van der Waals surface area contributed by atoms with E-state index in [0.29, 0.717) is 18.2 Å². The van der Waals surface area contributed by atoms with Crippen molar-refractivity contribution >= 4 is 27.5 Å². The summed E-state index contributed by atoms with van der Waals surface area (Å²) in [7, 11) is 0. The lowest BCUT2D eigenvalue weighted by Crippen LogP contribution is -2.28. The van der Waals surface area contributed by atoms with Crippen LogP contribution in [0, 0.1) is 12.8 Å². The molecule has 1 unspecified atom stereocenters. The summed E-state index contributed by atoms with van der Waals surface area (Å²) in [4.78, 5) is 23.4. The molecule has 3 aromatic rings. The number of aromatic nitrogens is 3. The largest absolute Gasteiger partial charge is 0.342 e. The molecule has 0 spiro atoms. The maximum atomic E-state index is 12.5. The fourth-order valence-corrected chi connectivity index (χ4v) is 4.66. The predicted octanol–water partition coefficient (Wildman–Crippen LogP) is 3.79. The van der Waals surface area contributed by atoms with E-state index < -0.39 is 0 Å². The molecule has 1 aliphatic rings. The van der Waals surface area contributed by atoms with Gasteiger partial charge in [0, 0.05) is 32.9 Å². The van der Waals surface area contributed by atoms with Crippen molar-refractivity contribution in [2.24, 2.45) is 5.92 Å². The Kier molecular flexibility index (Phi) is 5.48. The van der Waals surface area contributed by atoms with E-state index in [1.54, 1.807) is 18.3 Å². The highest BCUT2D eigenvalue weighted by molar-refractivity contribution is 7.18. The molecule has 0 bridgehead atoms. The van der Waals surface area contributed by atoms with E-state index >= 15 is 0 Å². The van der Waals surface area contributed by atoms with Gasteiger partial charge in [-0.1, -0.05) is 17.3 Å². The topological polar surface area (TPSA) is 72.1 Å². The van der Waals surface area contributed by atoms with Gasteiger partial charge >= 0.3 is 0 Å². The number of aryl methyl sites for hydroxylation is 3. The van der Waals surface area contributed by atoms with Gasteiger partial charge in [0.25, 0.3) is 0 Å². The molecule has 1 saturated heterocycles. The Morgan fingerprint density at radius 1 is 1.30 bits per heavy atom. The highest BCUT2D eigenvalue weighted by Gasteiger charge is 2.26. The van der Waals surface area contributed by atoms with Crippen LogP contribution in [0.25, 0.3) is 10.2 Å². The summed E-state index contributed by atoms with van der Waals surface area (Å²) in [5, 5.41) is 5.07. The third-order valence-corrected chi connectivity index (χ3v) is 6.20. The molecule has 1 aromatic carbocycles. The molecule has 27 heavy (non-hydrogen) atoms. The summed E-state index contributed by atoms with van der Waals surface area (Å²) in [5.41, 5.74) is 1.06. The molecular formula is C20H24N4O2S. The zero-order valence-electron chi connectivity index (χ0n) is 15.6. The number of thiazole rings is 1. The molecule has 2 aromatic heterocycles. The first kappa shape index (κ1) is 18.1. The third kappa shape index (κ3) is 4.53. The highest BCUT2D eigenvalue weighted by Crippen LogP contribution is 2.24. The van der Waals surface area contributed by atoms with Crippen LogP contribution >= 0.6 is 11.3 Å². The number of para-hydroxylation sites is 1. The first-order valence-electron chi connectivity index (χ1n) is 9.59. The summed E-state index contributed by atoms with van der Waals surface area (Å²) in [6, 6.07) is 8.19. The Labute approximate surface area is 162 Å². The van der Waals surface area contributed by atoms with Gasteiger partial charge in [0.1, 0.15) is 0 Å². The van der Waals surface area contributed by atoms with Crippen LogP contribution in [0.2, 0.25) is 0 Å². The number of nitrogens with zero attached hydrogens (tertiary/aromatic N) is 4. The van der Waals surface area contributed by atoms with E-state index in [-0.39, 0.29) is 5.91 Å². The molecule has 4 rings (SSSR count). The summed E-state index contributed by atoms with van der Waals surface area (Å²) < 4.78 is 6.23. The second-order valence-electron chi connectivity index (χ2n) is 7.19. The summed E-state index contributed by atoms with van der Waals surface area (Å²) in [6.07, 6.45) is 5.24. The number of hydrogen-bond acceptors (Lipinski definition) is 6. The van der Waals surface area contributed by atoms with Crippen molar-refractivity contribution in [2.45, 2.75) is 45.4 Å². The van der Waals surface area contributed by atoms with Gasteiger partial charge in [-0.3, -0.25) is 4.79 Å². The number of fused-ring (bicyclic) bond motifs is 1. The predicted molar refractivity (Wildman–Crippen MR) is 105 cm³/mol. The first-order valence-corrected chi connectivity index (χ1v) is 10.4. The monoisotopic (exact) mass is 384 g/mol. The molecule has 6 nitrogen and oxygen atoms in total. The Morgan fingerprint density at radius 3 is 3.00 bits per heavy atom. The van der Waals surface area contributed by atoms with E-state index in [1.807, 2.05) is 23.1 Å². The molecular weight excluding hydrogens is 360 g/mol. The minimum atomic E-state index is 0.272. The second-order valence-corrected chi connectivity index (χ2v) is 8.31. The Bertz CT molecular complexity index is 886. The van der Waals surface area contributed by atoms with E-state index in [9.17, 15) is 4.79 Å². The van der Waals surface area contributed by atoms with Gasteiger partial charge in [-0.05, 0) is 43.7 Å². The summed E-state index contributed by atoms with van der Waals surface area (Å²) >= 11 is 1.73. The lowest BCUT2D eigenvalue weighted by Gasteiger charge is -2.16. The van der Waals surface area contributed by atoms with Crippen molar-refractivity contribution in [3.05, 3.63) is 41.0 Å². The van der Waals surface area contributed by atoms with E-state index in [2.05, 4.69) is 21.2 Å². The van der Waals surface area contributed by atoms with Gasteiger partial charge in [-0.2, -0.15) is 4.98 Å². The summed E-state index contributed by atoms with van der Waals surface area (Å²) in [6.45, 7) is 3.54. The summed E-state index contributed by atoms with van der Waals surface area (Å²) in [5.74, 6) is 2.19. The van der Waals surface area contributed by atoms with Gasteiger partial charge in [0.2, 0.25) is 11.8 Å². The van der Waals surface area contributed by atoms with Gasteiger partial charge in [0.05, 0.1) is 15.2 Å². The molecule has 1 atom stereocenters. The molecule has 1 aliphatic heterocycles. The molecule has 1 fully saturated rings. The number of carbonyl (C=O) groups is 1. The van der Waals surface area contributed by atoms with E-state index in [0.717, 1.165) is 61.5 Å². The molecule has 3 heterocycles. The van der Waals surface area contributed by atoms with Crippen LogP contribution in [0.5, 0.6) is 0 Å².